The number of amides is 1. The molecule has 0 spiro atoms. The summed E-state index contributed by atoms with van der Waals surface area (Å²) >= 11 is 0. The first-order valence-corrected chi connectivity index (χ1v) is 8.78. The van der Waals surface area contributed by atoms with Gasteiger partial charge >= 0.3 is 0 Å². The van der Waals surface area contributed by atoms with Gasteiger partial charge in [0.15, 0.2) is 0 Å². The van der Waals surface area contributed by atoms with Crippen molar-refractivity contribution in [3.05, 3.63) is 18.2 Å². The Morgan fingerprint density at radius 2 is 2.19 bits per heavy atom. The summed E-state index contributed by atoms with van der Waals surface area (Å²) in [5.74, 6) is -0.172. The first-order valence-electron chi connectivity index (χ1n) is 6.47. The molecule has 1 N–H and O–H groups in total. The third-order valence-electron chi connectivity index (χ3n) is 3.17. The van der Waals surface area contributed by atoms with Gasteiger partial charge in [-0.05, 0) is 37.5 Å². The van der Waals surface area contributed by atoms with E-state index in [1.54, 1.807) is 6.07 Å². The Bertz CT molecular complexity index is 625. The highest BCUT2D eigenvalue weighted by molar-refractivity contribution is 8.13. The van der Waals surface area contributed by atoms with Crippen molar-refractivity contribution in [2.45, 2.75) is 30.3 Å². The van der Waals surface area contributed by atoms with Gasteiger partial charge in [-0.25, -0.2) is 8.42 Å². The summed E-state index contributed by atoms with van der Waals surface area (Å²) in [5.41, 5.74) is 0.328. The number of ether oxygens (including phenoxy) is 2. The summed E-state index contributed by atoms with van der Waals surface area (Å²) in [4.78, 5) is 11.8. The monoisotopic (exact) mass is 333 g/mol. The number of anilines is 1. The van der Waals surface area contributed by atoms with Gasteiger partial charge in [0.1, 0.15) is 16.7 Å². The van der Waals surface area contributed by atoms with Crippen LogP contribution in [0.2, 0.25) is 0 Å². The molecule has 1 aliphatic heterocycles. The van der Waals surface area contributed by atoms with Crippen molar-refractivity contribution in [3.8, 4) is 5.75 Å². The van der Waals surface area contributed by atoms with Gasteiger partial charge in [0.2, 0.25) is 0 Å². The van der Waals surface area contributed by atoms with Crippen LogP contribution in [0.25, 0.3) is 0 Å². The number of methoxy groups -OCH3 is 1. The van der Waals surface area contributed by atoms with Crippen LogP contribution in [0.5, 0.6) is 5.75 Å². The lowest BCUT2D eigenvalue weighted by Crippen LogP contribution is -2.33. The number of halogens is 1. The molecule has 8 heteroatoms. The van der Waals surface area contributed by atoms with Gasteiger partial charge in [0, 0.05) is 23.0 Å². The van der Waals surface area contributed by atoms with E-state index in [2.05, 4.69) is 5.32 Å². The van der Waals surface area contributed by atoms with Gasteiger partial charge in [-0.1, -0.05) is 0 Å². The molecule has 0 saturated carbocycles. The van der Waals surface area contributed by atoms with Crippen molar-refractivity contribution in [1.82, 2.24) is 0 Å². The topological polar surface area (TPSA) is 81.7 Å². The van der Waals surface area contributed by atoms with Crippen molar-refractivity contribution < 1.29 is 22.7 Å². The number of rotatable bonds is 4. The van der Waals surface area contributed by atoms with Crippen LogP contribution < -0.4 is 10.1 Å². The Labute approximate surface area is 127 Å². The molecule has 1 heterocycles. The Kier molecular flexibility index (Phi) is 5.08. The van der Waals surface area contributed by atoms with Crippen molar-refractivity contribution >= 4 is 31.3 Å². The molecule has 1 aromatic rings. The zero-order chi connectivity index (χ0) is 15.5. The van der Waals surface area contributed by atoms with Crippen molar-refractivity contribution in [3.63, 3.8) is 0 Å². The lowest BCUT2D eigenvalue weighted by Gasteiger charge is -2.21. The Hall–Kier alpha value is -1.31. The molecular formula is C13H16ClNO5S. The molecule has 0 radical (unpaired) electrons. The molecule has 1 aromatic carbocycles. The summed E-state index contributed by atoms with van der Waals surface area (Å²) in [6.45, 7) is 0.558. The van der Waals surface area contributed by atoms with Crippen molar-refractivity contribution in [2.24, 2.45) is 0 Å². The van der Waals surface area contributed by atoms with E-state index < -0.39 is 15.2 Å². The molecule has 0 aliphatic carbocycles. The molecule has 1 atom stereocenters. The number of benzene rings is 1. The van der Waals surface area contributed by atoms with E-state index in [0.29, 0.717) is 18.7 Å². The molecule has 1 amide bonds. The molecule has 116 valence electrons. The second-order valence-corrected chi connectivity index (χ2v) is 7.18. The maximum Gasteiger partial charge on any atom is 0.265 e. The van der Waals surface area contributed by atoms with E-state index >= 15 is 0 Å². The van der Waals surface area contributed by atoms with Crippen LogP contribution in [0.15, 0.2) is 23.1 Å². The van der Waals surface area contributed by atoms with Crippen LogP contribution in [0.4, 0.5) is 5.69 Å². The highest BCUT2D eigenvalue weighted by Crippen LogP contribution is 2.30. The predicted octanol–water partition coefficient (Wildman–Crippen LogP) is 2.13. The minimum atomic E-state index is -3.96. The largest absolute Gasteiger partial charge is 0.495 e. The smallest absolute Gasteiger partial charge is 0.265 e. The second kappa shape index (κ2) is 6.64. The second-order valence-electron chi connectivity index (χ2n) is 4.65. The fourth-order valence-electron chi connectivity index (χ4n) is 2.12. The molecule has 1 saturated heterocycles. The standard InChI is InChI=1S/C13H16ClNO5S/c1-19-10-6-5-9(8-12(10)21(14,17)18)15-13(16)11-4-2-3-7-20-11/h5-6,8,11H,2-4,7H2,1H3,(H,15,16). The maximum absolute atomic E-state index is 12.0. The van der Waals surface area contributed by atoms with Crippen molar-refractivity contribution in [1.29, 1.82) is 0 Å². The summed E-state index contributed by atoms with van der Waals surface area (Å²) in [5, 5.41) is 2.63. The lowest BCUT2D eigenvalue weighted by atomic mass is 10.1. The maximum atomic E-state index is 12.0. The van der Waals surface area contributed by atoms with Gasteiger partial charge < -0.3 is 14.8 Å². The number of nitrogens with one attached hydrogen (secondary N) is 1. The van der Waals surface area contributed by atoms with Crippen LogP contribution >= 0.6 is 10.7 Å². The summed E-state index contributed by atoms with van der Waals surface area (Å²) in [7, 11) is 2.73. The van der Waals surface area contributed by atoms with Gasteiger partial charge in [-0.3, -0.25) is 4.79 Å². The third kappa shape index (κ3) is 4.09. The molecule has 2 rings (SSSR count). The Balaban J connectivity index is 2.19. The van der Waals surface area contributed by atoms with Crippen LogP contribution in [-0.4, -0.2) is 34.1 Å². The van der Waals surface area contributed by atoms with E-state index in [1.165, 1.54) is 19.2 Å². The minimum absolute atomic E-state index is 0.122. The molecule has 1 aliphatic rings. The summed E-state index contributed by atoms with van der Waals surface area (Å²) < 4.78 is 33.3. The average molecular weight is 334 g/mol. The number of hydrogen-bond acceptors (Lipinski definition) is 5. The number of carbonyl (C=O) groups is 1. The number of carbonyl (C=O) groups excluding carboxylic acids is 1. The minimum Gasteiger partial charge on any atom is -0.495 e. The number of hydrogen-bond donors (Lipinski definition) is 1. The quantitative estimate of drug-likeness (QED) is 0.854. The third-order valence-corrected chi connectivity index (χ3v) is 4.51. The zero-order valence-corrected chi connectivity index (χ0v) is 13.0. The van der Waals surface area contributed by atoms with Crippen LogP contribution in [-0.2, 0) is 18.6 Å². The highest BCUT2D eigenvalue weighted by Gasteiger charge is 2.23. The molecule has 0 aromatic heterocycles. The molecule has 0 bridgehead atoms. The first kappa shape index (κ1) is 16.1. The van der Waals surface area contributed by atoms with Gasteiger partial charge in [0.05, 0.1) is 7.11 Å². The average Bonchev–Trinajstić information content (AvgIpc) is 2.47. The normalized spacial score (nSPS) is 19.0. The Morgan fingerprint density at radius 3 is 2.76 bits per heavy atom. The predicted molar refractivity (Wildman–Crippen MR) is 78.3 cm³/mol. The lowest BCUT2D eigenvalue weighted by molar-refractivity contribution is -0.129. The first-order chi connectivity index (χ1) is 9.91. The van der Waals surface area contributed by atoms with E-state index in [0.717, 1.165) is 12.8 Å². The van der Waals surface area contributed by atoms with E-state index in [9.17, 15) is 13.2 Å². The fourth-order valence-corrected chi connectivity index (χ4v) is 3.14. The highest BCUT2D eigenvalue weighted by atomic mass is 35.7. The van der Waals surface area contributed by atoms with E-state index in [4.69, 9.17) is 20.2 Å². The van der Waals surface area contributed by atoms with Gasteiger partial charge in [-0.2, -0.15) is 0 Å². The fraction of sp³-hybridized carbons (Fsp3) is 0.462. The molecule has 1 unspecified atom stereocenters. The summed E-state index contributed by atoms with van der Waals surface area (Å²) in [6, 6.07) is 4.25. The van der Waals surface area contributed by atoms with Crippen LogP contribution in [0, 0.1) is 0 Å². The summed E-state index contributed by atoms with van der Waals surface area (Å²) in [6.07, 6.45) is 2.03. The van der Waals surface area contributed by atoms with Crippen molar-refractivity contribution in [2.75, 3.05) is 19.0 Å². The molecular weight excluding hydrogens is 318 g/mol. The Morgan fingerprint density at radius 1 is 1.43 bits per heavy atom. The SMILES string of the molecule is COc1ccc(NC(=O)C2CCCCO2)cc1S(=O)(=O)Cl. The molecule has 1 fully saturated rings. The molecule has 21 heavy (non-hydrogen) atoms. The van der Waals surface area contributed by atoms with Crippen LogP contribution in [0.1, 0.15) is 19.3 Å². The molecule has 6 nitrogen and oxygen atoms in total. The van der Waals surface area contributed by atoms with Gasteiger partial charge in [-0.15, -0.1) is 0 Å². The van der Waals surface area contributed by atoms with Crippen LogP contribution in [0.3, 0.4) is 0 Å². The zero-order valence-electron chi connectivity index (χ0n) is 11.5. The van der Waals surface area contributed by atoms with Gasteiger partial charge in [0.25, 0.3) is 15.0 Å². The van der Waals surface area contributed by atoms with E-state index in [1.807, 2.05) is 0 Å². The van der Waals surface area contributed by atoms with E-state index in [-0.39, 0.29) is 16.6 Å².